The lowest BCUT2D eigenvalue weighted by Gasteiger charge is -2.43. The van der Waals surface area contributed by atoms with Crippen molar-refractivity contribution in [2.45, 2.75) is 18.6 Å². The second kappa shape index (κ2) is 12.1. The lowest BCUT2D eigenvalue weighted by molar-refractivity contribution is -0.133. The summed E-state index contributed by atoms with van der Waals surface area (Å²) in [6.07, 6.45) is 2.10. The third kappa shape index (κ3) is 6.10. The van der Waals surface area contributed by atoms with Crippen LogP contribution in [0, 0.1) is 11.3 Å². The van der Waals surface area contributed by atoms with Gasteiger partial charge in [0.1, 0.15) is 30.3 Å². The quantitative estimate of drug-likeness (QED) is 0.427. The number of hydrogen-bond donors (Lipinski definition) is 2. The van der Waals surface area contributed by atoms with Crippen LogP contribution in [0.2, 0.25) is 0 Å². The highest BCUT2D eigenvalue weighted by molar-refractivity contribution is 5.77. The van der Waals surface area contributed by atoms with Crippen LogP contribution >= 0.6 is 0 Å². The monoisotopic (exact) mass is 555 g/mol. The molecule has 3 aromatic rings. The van der Waals surface area contributed by atoms with Gasteiger partial charge in [-0.3, -0.25) is 9.69 Å². The Bertz CT molecular complexity index is 1420. The van der Waals surface area contributed by atoms with E-state index in [0.29, 0.717) is 54.1 Å². The number of hydrogen-bond acceptors (Lipinski definition) is 10. The van der Waals surface area contributed by atoms with Crippen LogP contribution in [0.15, 0.2) is 54.7 Å². The number of amides is 1. The molecule has 2 N–H and O–H groups in total. The highest BCUT2D eigenvalue weighted by Gasteiger charge is 2.29. The lowest BCUT2D eigenvalue weighted by atomic mass is 10.1. The molecule has 0 unspecified atom stereocenters. The average molecular weight is 556 g/mol. The van der Waals surface area contributed by atoms with Crippen molar-refractivity contribution in [3.8, 4) is 23.2 Å². The van der Waals surface area contributed by atoms with E-state index in [0.717, 1.165) is 45.1 Å². The summed E-state index contributed by atoms with van der Waals surface area (Å²) in [4.78, 5) is 27.3. The van der Waals surface area contributed by atoms with Crippen LogP contribution in [0.25, 0.3) is 11.4 Å². The highest BCUT2D eigenvalue weighted by atomic mass is 16.5. The number of aliphatic hydroxyl groups is 1. The van der Waals surface area contributed by atoms with Gasteiger partial charge in [0.05, 0.1) is 31.4 Å². The largest absolute Gasteiger partial charge is 0.487 e. The van der Waals surface area contributed by atoms with E-state index in [1.165, 1.54) is 5.69 Å². The number of likely N-dealkylation sites (tertiary alicyclic amines) is 1. The Labute approximate surface area is 238 Å². The van der Waals surface area contributed by atoms with Crippen molar-refractivity contribution in [2.24, 2.45) is 0 Å². The van der Waals surface area contributed by atoms with Crippen molar-refractivity contribution in [1.29, 1.82) is 5.26 Å². The van der Waals surface area contributed by atoms with E-state index in [1.807, 2.05) is 12.1 Å². The van der Waals surface area contributed by atoms with Gasteiger partial charge in [0.25, 0.3) is 0 Å². The zero-order valence-electron chi connectivity index (χ0n) is 22.8. The van der Waals surface area contributed by atoms with Gasteiger partial charge in [-0.1, -0.05) is 0 Å². The SMILES string of the molecule is N#Cc1cc(-c2nccc(Nc3ccc(N4CCN(C5COC5)CC4)cc3)n2)ccc1O[C@@H]1CCN(C(=O)CO)C1. The number of carbonyl (C=O) groups is 1. The first-order valence-electron chi connectivity index (χ1n) is 14.0. The second-order valence-corrected chi connectivity index (χ2v) is 10.5. The summed E-state index contributed by atoms with van der Waals surface area (Å²) < 4.78 is 11.4. The van der Waals surface area contributed by atoms with Gasteiger partial charge in [0.15, 0.2) is 5.82 Å². The molecule has 1 atom stereocenters. The van der Waals surface area contributed by atoms with Gasteiger partial charge >= 0.3 is 0 Å². The molecule has 3 aliphatic heterocycles. The van der Waals surface area contributed by atoms with E-state index in [4.69, 9.17) is 14.6 Å². The van der Waals surface area contributed by atoms with Crippen LogP contribution in [0.5, 0.6) is 5.75 Å². The molecule has 3 aliphatic rings. The van der Waals surface area contributed by atoms with Crippen molar-refractivity contribution in [3.05, 3.63) is 60.3 Å². The van der Waals surface area contributed by atoms with E-state index in [2.05, 4.69) is 55.4 Å². The molecular formula is C30H33N7O4. The maximum Gasteiger partial charge on any atom is 0.248 e. The van der Waals surface area contributed by atoms with Crippen LogP contribution in [0.4, 0.5) is 17.2 Å². The third-order valence-electron chi connectivity index (χ3n) is 7.90. The maximum atomic E-state index is 11.7. The predicted molar refractivity (Wildman–Crippen MR) is 153 cm³/mol. The molecule has 0 radical (unpaired) electrons. The Morgan fingerprint density at radius 3 is 2.61 bits per heavy atom. The van der Waals surface area contributed by atoms with E-state index in [1.54, 1.807) is 23.2 Å². The maximum absolute atomic E-state index is 11.7. The van der Waals surface area contributed by atoms with Gasteiger partial charge in [0.2, 0.25) is 5.91 Å². The second-order valence-electron chi connectivity index (χ2n) is 10.5. The minimum Gasteiger partial charge on any atom is -0.487 e. The number of carbonyl (C=O) groups excluding carboxylic acids is 1. The molecule has 0 saturated carbocycles. The Kier molecular flexibility index (Phi) is 7.95. The molecule has 4 heterocycles. The van der Waals surface area contributed by atoms with Crippen LogP contribution in [-0.2, 0) is 9.53 Å². The molecule has 0 aliphatic carbocycles. The van der Waals surface area contributed by atoms with Gasteiger partial charge in [-0.15, -0.1) is 0 Å². The molecule has 41 heavy (non-hydrogen) atoms. The van der Waals surface area contributed by atoms with Gasteiger partial charge in [0, 0.05) is 62.3 Å². The summed E-state index contributed by atoms with van der Waals surface area (Å²) in [5, 5.41) is 22.2. The number of benzene rings is 2. The molecule has 3 fully saturated rings. The van der Waals surface area contributed by atoms with Gasteiger partial charge < -0.3 is 29.7 Å². The summed E-state index contributed by atoms with van der Waals surface area (Å²) in [5.41, 5.74) is 3.20. The molecule has 0 bridgehead atoms. The summed E-state index contributed by atoms with van der Waals surface area (Å²) >= 11 is 0. The number of rotatable bonds is 8. The Morgan fingerprint density at radius 1 is 1.10 bits per heavy atom. The fourth-order valence-corrected chi connectivity index (χ4v) is 5.44. The summed E-state index contributed by atoms with van der Waals surface area (Å²) in [6, 6.07) is 18.3. The highest BCUT2D eigenvalue weighted by Crippen LogP contribution is 2.28. The van der Waals surface area contributed by atoms with Gasteiger partial charge in [-0.25, -0.2) is 9.97 Å². The molecule has 2 aromatic carbocycles. The van der Waals surface area contributed by atoms with Crippen molar-refractivity contribution in [1.82, 2.24) is 19.8 Å². The molecule has 1 aromatic heterocycles. The molecule has 212 valence electrons. The van der Waals surface area contributed by atoms with Crippen molar-refractivity contribution in [3.63, 3.8) is 0 Å². The van der Waals surface area contributed by atoms with Crippen molar-refractivity contribution < 1.29 is 19.4 Å². The summed E-state index contributed by atoms with van der Waals surface area (Å²) in [5.74, 6) is 1.28. The molecule has 11 heteroatoms. The number of nitrogens with zero attached hydrogens (tertiary/aromatic N) is 6. The van der Waals surface area contributed by atoms with E-state index in [-0.39, 0.29) is 12.0 Å². The van der Waals surface area contributed by atoms with Crippen LogP contribution in [-0.4, -0.2) is 102 Å². The van der Waals surface area contributed by atoms with E-state index >= 15 is 0 Å². The number of aliphatic hydroxyl groups excluding tert-OH is 1. The molecule has 0 spiro atoms. The van der Waals surface area contributed by atoms with Crippen LogP contribution < -0.4 is 15.0 Å². The van der Waals surface area contributed by atoms with Gasteiger partial charge in [-0.05, 0) is 48.5 Å². The first kappa shape index (κ1) is 27.0. The summed E-state index contributed by atoms with van der Waals surface area (Å²) in [6.45, 7) is 6.25. The average Bonchev–Trinajstić information content (AvgIpc) is 3.46. The molecule has 6 rings (SSSR count). The third-order valence-corrected chi connectivity index (χ3v) is 7.90. The number of ether oxygens (including phenoxy) is 2. The van der Waals surface area contributed by atoms with Crippen molar-refractivity contribution >= 4 is 23.1 Å². The standard InChI is InChI=1S/C30H33N7O4/c31-16-22-15-21(1-6-27(22)41-26-8-10-37(17-26)29(39)18-38)30-32-9-7-28(34-30)33-23-2-4-24(5-3-23)35-11-13-36(14-12-35)25-19-40-20-25/h1-7,9,15,25-26,38H,8,10-14,17-20H2,(H,32,33,34)/t26-/m1/s1. The molecular weight excluding hydrogens is 522 g/mol. The van der Waals surface area contributed by atoms with Gasteiger partial charge in [-0.2, -0.15) is 5.26 Å². The number of anilines is 3. The first-order valence-corrected chi connectivity index (χ1v) is 14.0. The number of aromatic nitrogens is 2. The normalized spacial score (nSPS) is 19.5. The van der Waals surface area contributed by atoms with Crippen molar-refractivity contribution in [2.75, 3.05) is 69.3 Å². The minimum absolute atomic E-state index is 0.231. The lowest BCUT2D eigenvalue weighted by Crippen LogP contribution is -2.56. The summed E-state index contributed by atoms with van der Waals surface area (Å²) in [7, 11) is 0. The molecule has 3 saturated heterocycles. The fourth-order valence-electron chi connectivity index (χ4n) is 5.44. The first-order chi connectivity index (χ1) is 20.1. The topological polar surface area (TPSA) is 127 Å². The minimum atomic E-state index is -0.515. The fraction of sp³-hybridized carbons (Fsp3) is 0.400. The number of piperazine rings is 1. The smallest absolute Gasteiger partial charge is 0.248 e. The zero-order valence-corrected chi connectivity index (χ0v) is 22.8. The molecule has 1 amide bonds. The Morgan fingerprint density at radius 2 is 1.90 bits per heavy atom. The predicted octanol–water partition coefficient (Wildman–Crippen LogP) is 2.25. The molecule has 11 nitrogen and oxygen atoms in total. The van der Waals surface area contributed by atoms with Crippen LogP contribution in [0.1, 0.15) is 12.0 Å². The van der Waals surface area contributed by atoms with E-state index < -0.39 is 6.61 Å². The Balaban J connectivity index is 1.08. The zero-order chi connectivity index (χ0) is 28.2. The van der Waals surface area contributed by atoms with Crippen LogP contribution in [0.3, 0.4) is 0 Å². The Hall–Kier alpha value is -4.24. The number of nitrogens with one attached hydrogen (secondary N) is 1. The van der Waals surface area contributed by atoms with E-state index in [9.17, 15) is 10.1 Å². The number of nitriles is 1.